The summed E-state index contributed by atoms with van der Waals surface area (Å²) in [6, 6.07) is 2.36. The molecule has 1 heterocycles. The molecular weight excluding hydrogens is 185 g/mol. The Kier molecular flexibility index (Phi) is 1.58. The summed E-state index contributed by atoms with van der Waals surface area (Å²) in [6.45, 7) is 0. The molecule has 0 aliphatic heterocycles. The largest absolute Gasteiger partial charge is 0.205 e. The van der Waals surface area contributed by atoms with Crippen LogP contribution in [0.5, 0.6) is 0 Å². The lowest BCUT2D eigenvalue weighted by Crippen LogP contribution is -1.84. The average molecular weight is 188 g/mol. The third kappa shape index (κ3) is 0.914. The van der Waals surface area contributed by atoms with Crippen LogP contribution < -0.4 is 0 Å². The van der Waals surface area contributed by atoms with Crippen molar-refractivity contribution in [1.29, 1.82) is 0 Å². The Morgan fingerprint density at radius 2 is 1.75 bits per heavy atom. The molecule has 0 saturated carbocycles. The van der Waals surface area contributed by atoms with Crippen LogP contribution in [-0.2, 0) is 0 Å². The number of hydrogen-bond donors (Lipinski definition) is 0. The predicted molar refractivity (Wildman–Crippen MR) is 41.7 cm³/mol. The third-order valence-corrected chi connectivity index (χ3v) is 2.50. The molecule has 0 N–H and O–H groups in total. The van der Waals surface area contributed by atoms with Crippen LogP contribution >= 0.6 is 11.3 Å². The molecule has 0 saturated heterocycles. The van der Waals surface area contributed by atoms with Crippen LogP contribution in [0.4, 0.5) is 13.2 Å². The van der Waals surface area contributed by atoms with E-state index in [0.717, 1.165) is 22.8 Å². The third-order valence-electron chi connectivity index (χ3n) is 1.58. The van der Waals surface area contributed by atoms with Gasteiger partial charge >= 0.3 is 0 Å². The number of thiophene rings is 1. The monoisotopic (exact) mass is 188 g/mol. The van der Waals surface area contributed by atoms with E-state index in [0.29, 0.717) is 4.70 Å². The van der Waals surface area contributed by atoms with Crippen molar-refractivity contribution in [1.82, 2.24) is 0 Å². The summed E-state index contributed by atoms with van der Waals surface area (Å²) in [6.07, 6.45) is 0. The maximum Gasteiger partial charge on any atom is 0.170 e. The first-order valence-electron chi connectivity index (χ1n) is 3.21. The second kappa shape index (κ2) is 2.48. The van der Waals surface area contributed by atoms with Crippen LogP contribution in [0.1, 0.15) is 0 Å². The molecule has 0 bridgehead atoms. The molecule has 0 aliphatic carbocycles. The van der Waals surface area contributed by atoms with Crippen LogP contribution in [0, 0.1) is 17.5 Å². The van der Waals surface area contributed by atoms with E-state index < -0.39 is 17.5 Å². The van der Waals surface area contributed by atoms with Crippen molar-refractivity contribution in [3.63, 3.8) is 0 Å². The Labute approximate surface area is 70.3 Å². The summed E-state index contributed by atoms with van der Waals surface area (Å²) in [5.74, 6) is -2.82. The highest BCUT2D eigenvalue weighted by atomic mass is 32.1. The molecule has 1 aromatic heterocycles. The number of rotatable bonds is 0. The fraction of sp³-hybridized carbons (Fsp3) is 0. The summed E-state index contributed by atoms with van der Waals surface area (Å²) in [5.41, 5.74) is 0. The Morgan fingerprint density at radius 1 is 1.00 bits per heavy atom. The lowest BCUT2D eigenvalue weighted by atomic mass is 10.2. The molecule has 0 fully saturated rings. The van der Waals surface area contributed by atoms with E-state index in [1.54, 1.807) is 0 Å². The van der Waals surface area contributed by atoms with Crippen LogP contribution in [0.15, 0.2) is 17.5 Å². The first-order valence-corrected chi connectivity index (χ1v) is 4.09. The van der Waals surface area contributed by atoms with E-state index in [-0.39, 0.29) is 5.39 Å². The van der Waals surface area contributed by atoms with E-state index in [2.05, 4.69) is 0 Å². The molecule has 0 spiro atoms. The van der Waals surface area contributed by atoms with Gasteiger partial charge in [-0.25, -0.2) is 13.2 Å². The first kappa shape index (κ1) is 7.61. The minimum atomic E-state index is -1.11. The highest BCUT2D eigenvalue weighted by molar-refractivity contribution is 7.17. The van der Waals surface area contributed by atoms with E-state index in [4.69, 9.17) is 0 Å². The fourth-order valence-electron chi connectivity index (χ4n) is 1.03. The number of benzene rings is 1. The van der Waals surface area contributed by atoms with E-state index in [1.165, 1.54) is 6.07 Å². The molecule has 0 unspecified atom stereocenters. The topological polar surface area (TPSA) is 0 Å². The van der Waals surface area contributed by atoms with Crippen molar-refractivity contribution in [3.05, 3.63) is 35.0 Å². The predicted octanol–water partition coefficient (Wildman–Crippen LogP) is 3.32. The van der Waals surface area contributed by atoms with Crippen LogP contribution in [-0.4, -0.2) is 0 Å². The van der Waals surface area contributed by atoms with Crippen molar-refractivity contribution in [3.8, 4) is 0 Å². The van der Waals surface area contributed by atoms with Gasteiger partial charge in [0.1, 0.15) is 5.82 Å². The van der Waals surface area contributed by atoms with Gasteiger partial charge in [-0.3, -0.25) is 0 Å². The smallest absolute Gasteiger partial charge is 0.170 e. The SMILES string of the molecule is Fc1ccc2scc(F)c2c1F. The van der Waals surface area contributed by atoms with Crippen molar-refractivity contribution in [2.24, 2.45) is 0 Å². The summed E-state index contributed by atoms with van der Waals surface area (Å²) in [4.78, 5) is 0. The fourth-order valence-corrected chi connectivity index (χ4v) is 1.83. The van der Waals surface area contributed by atoms with Gasteiger partial charge in [-0.15, -0.1) is 11.3 Å². The molecule has 2 aromatic rings. The van der Waals surface area contributed by atoms with Crippen LogP contribution in [0.2, 0.25) is 0 Å². The first-order chi connectivity index (χ1) is 5.70. The lowest BCUT2D eigenvalue weighted by Gasteiger charge is -1.93. The zero-order valence-corrected chi connectivity index (χ0v) is 6.59. The molecular formula is C8H3F3S. The normalized spacial score (nSPS) is 10.9. The summed E-state index contributed by atoms with van der Waals surface area (Å²) < 4.78 is 38.7. The van der Waals surface area contributed by atoms with Crippen LogP contribution in [0.25, 0.3) is 10.1 Å². The maximum atomic E-state index is 12.9. The Hall–Kier alpha value is -1.03. The zero-order chi connectivity index (χ0) is 8.72. The quantitative estimate of drug-likeness (QED) is 0.595. The second-order valence-corrected chi connectivity index (χ2v) is 3.23. The zero-order valence-electron chi connectivity index (χ0n) is 5.77. The van der Waals surface area contributed by atoms with Crippen molar-refractivity contribution in [2.75, 3.05) is 0 Å². The highest BCUT2D eigenvalue weighted by Gasteiger charge is 2.12. The minimum Gasteiger partial charge on any atom is -0.205 e. The average Bonchev–Trinajstić information content (AvgIpc) is 2.41. The molecule has 0 nitrogen and oxygen atoms in total. The van der Waals surface area contributed by atoms with Gasteiger partial charge in [-0.2, -0.15) is 0 Å². The molecule has 62 valence electrons. The lowest BCUT2D eigenvalue weighted by molar-refractivity contribution is 0.512. The van der Waals surface area contributed by atoms with Crippen molar-refractivity contribution >= 4 is 21.4 Å². The summed E-state index contributed by atoms with van der Waals surface area (Å²) in [7, 11) is 0. The van der Waals surface area contributed by atoms with Gasteiger partial charge in [0.25, 0.3) is 0 Å². The molecule has 0 amide bonds. The molecule has 1 aromatic carbocycles. The molecule has 12 heavy (non-hydrogen) atoms. The Bertz CT molecular complexity index is 433. The van der Waals surface area contributed by atoms with Gasteiger partial charge in [0.15, 0.2) is 11.6 Å². The van der Waals surface area contributed by atoms with Crippen LogP contribution in [0.3, 0.4) is 0 Å². The van der Waals surface area contributed by atoms with Gasteiger partial charge < -0.3 is 0 Å². The molecule has 0 radical (unpaired) electrons. The number of hydrogen-bond acceptors (Lipinski definition) is 1. The van der Waals surface area contributed by atoms with Crippen molar-refractivity contribution in [2.45, 2.75) is 0 Å². The number of halogens is 3. The molecule has 0 atom stereocenters. The highest BCUT2D eigenvalue weighted by Crippen LogP contribution is 2.28. The molecule has 4 heteroatoms. The Morgan fingerprint density at radius 3 is 2.50 bits per heavy atom. The van der Waals surface area contributed by atoms with E-state index >= 15 is 0 Å². The van der Waals surface area contributed by atoms with Gasteiger partial charge in [0, 0.05) is 10.1 Å². The standard InChI is InChI=1S/C8H3F3S/c9-4-1-2-6-7(8(4)11)5(10)3-12-6/h1-3H. The van der Waals surface area contributed by atoms with Gasteiger partial charge in [0.05, 0.1) is 5.39 Å². The second-order valence-electron chi connectivity index (χ2n) is 2.32. The van der Waals surface area contributed by atoms with E-state index in [9.17, 15) is 13.2 Å². The summed E-state index contributed by atoms with van der Waals surface area (Å²) in [5, 5.41) is 0.910. The maximum absolute atomic E-state index is 12.9. The molecule has 0 aliphatic rings. The van der Waals surface area contributed by atoms with Crippen molar-refractivity contribution < 1.29 is 13.2 Å². The minimum absolute atomic E-state index is 0.250. The summed E-state index contributed by atoms with van der Waals surface area (Å²) >= 11 is 1.06. The van der Waals surface area contributed by atoms with Gasteiger partial charge in [0.2, 0.25) is 0 Å². The van der Waals surface area contributed by atoms with Gasteiger partial charge in [-0.05, 0) is 12.1 Å². The molecule has 2 rings (SSSR count). The van der Waals surface area contributed by atoms with Gasteiger partial charge in [-0.1, -0.05) is 0 Å². The number of fused-ring (bicyclic) bond motifs is 1. The van der Waals surface area contributed by atoms with E-state index in [1.807, 2.05) is 0 Å². The Balaban J connectivity index is 2.96.